The predicted octanol–water partition coefficient (Wildman–Crippen LogP) is 0.596. The van der Waals surface area contributed by atoms with Crippen molar-refractivity contribution in [2.75, 3.05) is 39.3 Å². The van der Waals surface area contributed by atoms with Crippen LogP contribution in [-0.2, 0) is 4.79 Å². The molecule has 2 fully saturated rings. The second kappa shape index (κ2) is 6.20. The Bertz CT molecular complexity index is 306. The van der Waals surface area contributed by atoms with E-state index < -0.39 is 11.5 Å². The molecular formula is C14H27N3O2. The summed E-state index contributed by atoms with van der Waals surface area (Å²) in [5.41, 5.74) is 4.68. The zero-order chi connectivity index (χ0) is 13.9. The molecule has 1 unspecified atom stereocenters. The number of carboxylic acid groups (broad SMARTS) is 1. The monoisotopic (exact) mass is 269 g/mol. The number of nitrogens with two attached hydrogens (primary N) is 1. The number of carboxylic acids is 1. The number of hydrogen-bond acceptors (Lipinski definition) is 4. The molecule has 19 heavy (non-hydrogen) atoms. The van der Waals surface area contributed by atoms with Gasteiger partial charge in [-0.15, -0.1) is 0 Å². The molecule has 0 aromatic heterocycles. The van der Waals surface area contributed by atoms with Crippen LogP contribution in [0.3, 0.4) is 0 Å². The first kappa shape index (κ1) is 14.8. The van der Waals surface area contributed by atoms with Crippen LogP contribution in [0.2, 0.25) is 0 Å². The van der Waals surface area contributed by atoms with E-state index in [0.29, 0.717) is 6.54 Å². The van der Waals surface area contributed by atoms with Gasteiger partial charge in [-0.05, 0) is 64.7 Å². The van der Waals surface area contributed by atoms with Gasteiger partial charge >= 0.3 is 5.97 Å². The van der Waals surface area contributed by atoms with Gasteiger partial charge in [0, 0.05) is 13.1 Å². The van der Waals surface area contributed by atoms with E-state index in [2.05, 4.69) is 9.80 Å². The van der Waals surface area contributed by atoms with Gasteiger partial charge in [0.15, 0.2) is 0 Å². The van der Waals surface area contributed by atoms with Crippen molar-refractivity contribution in [2.45, 2.75) is 38.1 Å². The van der Waals surface area contributed by atoms with Crippen molar-refractivity contribution in [3.05, 3.63) is 0 Å². The molecule has 0 amide bonds. The number of hydrogen-bond donors (Lipinski definition) is 2. The number of aliphatic carboxylic acids is 1. The van der Waals surface area contributed by atoms with Gasteiger partial charge < -0.3 is 20.6 Å². The lowest BCUT2D eigenvalue weighted by molar-refractivity contribution is -0.143. The molecule has 0 spiro atoms. The molecule has 2 saturated heterocycles. The topological polar surface area (TPSA) is 69.8 Å². The molecule has 2 rings (SSSR count). The van der Waals surface area contributed by atoms with E-state index in [1.54, 1.807) is 6.92 Å². The van der Waals surface area contributed by atoms with Gasteiger partial charge in [-0.1, -0.05) is 0 Å². The van der Waals surface area contributed by atoms with E-state index in [1.165, 1.54) is 45.3 Å². The van der Waals surface area contributed by atoms with E-state index in [1.807, 2.05) is 0 Å². The SMILES string of the molecule is CC(N)(CN1CCC(CN2CCCC2)CC1)C(=O)O. The zero-order valence-corrected chi connectivity index (χ0v) is 12.0. The summed E-state index contributed by atoms with van der Waals surface area (Å²) >= 11 is 0. The molecule has 1 atom stereocenters. The van der Waals surface area contributed by atoms with E-state index >= 15 is 0 Å². The summed E-state index contributed by atoms with van der Waals surface area (Å²) in [5, 5.41) is 9.06. The molecule has 0 bridgehead atoms. The number of rotatable bonds is 5. The van der Waals surface area contributed by atoms with Crippen LogP contribution in [0.1, 0.15) is 32.6 Å². The number of piperidine rings is 1. The molecule has 0 aliphatic carbocycles. The Kier molecular flexibility index (Phi) is 4.81. The van der Waals surface area contributed by atoms with Crippen molar-refractivity contribution < 1.29 is 9.90 Å². The summed E-state index contributed by atoms with van der Waals surface area (Å²) < 4.78 is 0. The van der Waals surface area contributed by atoms with Crippen molar-refractivity contribution in [1.82, 2.24) is 9.80 Å². The Labute approximate surface area is 115 Å². The summed E-state index contributed by atoms with van der Waals surface area (Å²) in [6.45, 7) is 7.79. The largest absolute Gasteiger partial charge is 0.480 e. The normalized spacial score (nSPS) is 26.4. The van der Waals surface area contributed by atoms with Crippen LogP contribution in [0.4, 0.5) is 0 Å². The minimum Gasteiger partial charge on any atom is -0.480 e. The lowest BCUT2D eigenvalue weighted by Gasteiger charge is -2.36. The van der Waals surface area contributed by atoms with Gasteiger partial charge in [-0.25, -0.2) is 0 Å². The fraction of sp³-hybridized carbons (Fsp3) is 0.929. The number of carbonyl (C=O) groups is 1. The van der Waals surface area contributed by atoms with Crippen molar-refractivity contribution in [2.24, 2.45) is 11.7 Å². The highest BCUT2D eigenvalue weighted by Gasteiger charge is 2.32. The zero-order valence-electron chi connectivity index (χ0n) is 12.0. The van der Waals surface area contributed by atoms with Crippen molar-refractivity contribution >= 4 is 5.97 Å². The van der Waals surface area contributed by atoms with Crippen LogP contribution in [0.5, 0.6) is 0 Å². The molecule has 0 radical (unpaired) electrons. The Balaban J connectivity index is 1.71. The standard InChI is InChI=1S/C14H27N3O2/c1-14(15,13(18)19)11-17-8-4-12(5-9-17)10-16-6-2-3-7-16/h12H,2-11,15H2,1H3,(H,18,19). The van der Waals surface area contributed by atoms with Crippen LogP contribution in [-0.4, -0.2) is 65.7 Å². The van der Waals surface area contributed by atoms with Gasteiger partial charge in [-0.3, -0.25) is 4.79 Å². The average molecular weight is 269 g/mol. The maximum absolute atomic E-state index is 11.0. The fourth-order valence-corrected chi connectivity index (χ4v) is 3.19. The summed E-state index contributed by atoms with van der Waals surface area (Å²) in [7, 11) is 0. The Morgan fingerprint density at radius 1 is 1.21 bits per heavy atom. The fourth-order valence-electron chi connectivity index (χ4n) is 3.19. The summed E-state index contributed by atoms with van der Waals surface area (Å²) in [6.07, 6.45) is 5.05. The molecule has 5 nitrogen and oxygen atoms in total. The molecule has 110 valence electrons. The van der Waals surface area contributed by atoms with Crippen LogP contribution in [0.15, 0.2) is 0 Å². The van der Waals surface area contributed by atoms with Gasteiger partial charge in [0.2, 0.25) is 0 Å². The lowest BCUT2D eigenvalue weighted by atomic mass is 9.94. The molecule has 0 saturated carbocycles. The second-order valence-electron chi connectivity index (χ2n) is 6.45. The summed E-state index contributed by atoms with van der Waals surface area (Å²) in [4.78, 5) is 15.8. The first-order chi connectivity index (χ1) is 8.97. The molecule has 0 aromatic carbocycles. The highest BCUT2D eigenvalue weighted by atomic mass is 16.4. The smallest absolute Gasteiger partial charge is 0.324 e. The molecule has 2 heterocycles. The van der Waals surface area contributed by atoms with Crippen molar-refractivity contribution in [1.29, 1.82) is 0 Å². The van der Waals surface area contributed by atoms with Crippen molar-refractivity contribution in [3.63, 3.8) is 0 Å². The van der Waals surface area contributed by atoms with E-state index in [9.17, 15) is 4.79 Å². The maximum atomic E-state index is 11.0. The van der Waals surface area contributed by atoms with Crippen LogP contribution < -0.4 is 5.73 Å². The number of nitrogens with zero attached hydrogens (tertiary/aromatic N) is 2. The summed E-state index contributed by atoms with van der Waals surface area (Å²) in [6, 6.07) is 0. The minimum atomic E-state index is -1.12. The van der Waals surface area contributed by atoms with Crippen molar-refractivity contribution in [3.8, 4) is 0 Å². The van der Waals surface area contributed by atoms with Crippen LogP contribution in [0, 0.1) is 5.92 Å². The molecular weight excluding hydrogens is 242 g/mol. The maximum Gasteiger partial charge on any atom is 0.324 e. The molecule has 3 N–H and O–H groups in total. The third-order valence-corrected chi connectivity index (χ3v) is 4.46. The Morgan fingerprint density at radius 2 is 1.79 bits per heavy atom. The second-order valence-corrected chi connectivity index (χ2v) is 6.45. The number of likely N-dealkylation sites (tertiary alicyclic amines) is 2. The van der Waals surface area contributed by atoms with Crippen LogP contribution >= 0.6 is 0 Å². The predicted molar refractivity (Wildman–Crippen MR) is 75.1 cm³/mol. The van der Waals surface area contributed by atoms with Crippen LogP contribution in [0.25, 0.3) is 0 Å². The third kappa shape index (κ3) is 4.16. The lowest BCUT2D eigenvalue weighted by Crippen LogP contribution is -2.55. The highest BCUT2D eigenvalue weighted by Crippen LogP contribution is 2.21. The van der Waals surface area contributed by atoms with Gasteiger partial charge in [0.05, 0.1) is 0 Å². The van der Waals surface area contributed by atoms with E-state index in [4.69, 9.17) is 10.8 Å². The molecule has 5 heteroatoms. The molecule has 2 aliphatic rings. The third-order valence-electron chi connectivity index (χ3n) is 4.46. The van der Waals surface area contributed by atoms with Gasteiger partial charge in [0.1, 0.15) is 5.54 Å². The Hall–Kier alpha value is -0.650. The first-order valence-corrected chi connectivity index (χ1v) is 7.44. The van der Waals surface area contributed by atoms with E-state index in [0.717, 1.165) is 19.0 Å². The minimum absolute atomic E-state index is 0.457. The van der Waals surface area contributed by atoms with E-state index in [-0.39, 0.29) is 0 Å². The van der Waals surface area contributed by atoms with Gasteiger partial charge in [-0.2, -0.15) is 0 Å². The highest BCUT2D eigenvalue weighted by molar-refractivity contribution is 5.78. The van der Waals surface area contributed by atoms with Gasteiger partial charge in [0.25, 0.3) is 0 Å². The summed E-state index contributed by atoms with van der Waals surface area (Å²) in [5.74, 6) is -0.130. The average Bonchev–Trinajstić information content (AvgIpc) is 2.84. The molecule has 0 aromatic rings. The Morgan fingerprint density at radius 3 is 2.32 bits per heavy atom. The molecule has 2 aliphatic heterocycles. The first-order valence-electron chi connectivity index (χ1n) is 7.44. The quantitative estimate of drug-likeness (QED) is 0.765.